The molecule has 190 valence electrons. The Morgan fingerprint density at radius 1 is 0.886 bits per heavy atom. The first-order valence-corrected chi connectivity index (χ1v) is 14.9. The van der Waals surface area contributed by atoms with Crippen LogP contribution in [0.4, 0.5) is 5.69 Å². The lowest BCUT2D eigenvalue weighted by molar-refractivity contribution is -0.120. The second-order valence-corrected chi connectivity index (χ2v) is 12.1. The van der Waals surface area contributed by atoms with Gasteiger partial charge in [0.15, 0.2) is 6.61 Å². The number of hydrogen-bond acceptors (Lipinski definition) is 3. The summed E-state index contributed by atoms with van der Waals surface area (Å²) in [5, 5.41) is 0.534. The van der Waals surface area contributed by atoms with Gasteiger partial charge in [0.05, 0.1) is 5.02 Å². The van der Waals surface area contributed by atoms with Gasteiger partial charge in [-0.2, -0.15) is 11.8 Å². The molecule has 1 aliphatic carbocycles. The number of rotatable bonds is 7. The molecule has 0 radical (unpaired) electrons. The van der Waals surface area contributed by atoms with E-state index in [2.05, 4.69) is 23.9 Å². The topological polar surface area (TPSA) is 29.5 Å². The summed E-state index contributed by atoms with van der Waals surface area (Å²) in [6.45, 7) is 0.751. The Bertz CT molecular complexity index is 904. The molecule has 4 rings (SSSR count). The molecule has 1 atom stereocenters. The molecule has 1 saturated carbocycles. The molecule has 0 bridgehead atoms. The Kier molecular flexibility index (Phi) is 10.3. The molecule has 5 heteroatoms. The molecule has 0 aromatic heterocycles. The molecule has 1 unspecified atom stereocenters. The first-order valence-electron chi connectivity index (χ1n) is 13.5. The van der Waals surface area contributed by atoms with Crippen molar-refractivity contribution in [3.05, 3.63) is 59.6 Å². The summed E-state index contributed by atoms with van der Waals surface area (Å²) in [5.74, 6) is 2.42. The summed E-state index contributed by atoms with van der Waals surface area (Å²) in [5.41, 5.74) is 0.962. The van der Waals surface area contributed by atoms with E-state index in [1.807, 2.05) is 41.3 Å². The Hall–Kier alpha value is -1.65. The van der Waals surface area contributed by atoms with Crippen molar-refractivity contribution >= 4 is 35.0 Å². The van der Waals surface area contributed by atoms with Crippen LogP contribution in [0.2, 0.25) is 5.02 Å². The van der Waals surface area contributed by atoms with Gasteiger partial charge in [-0.15, -0.1) is 0 Å². The highest BCUT2D eigenvalue weighted by molar-refractivity contribution is 8.01. The van der Waals surface area contributed by atoms with Crippen molar-refractivity contribution in [3.8, 4) is 5.75 Å². The first kappa shape index (κ1) is 26.4. The zero-order valence-electron chi connectivity index (χ0n) is 20.9. The molecular formula is C30H40ClNO2S. The third kappa shape index (κ3) is 7.43. The van der Waals surface area contributed by atoms with E-state index in [1.165, 1.54) is 82.8 Å². The van der Waals surface area contributed by atoms with Gasteiger partial charge in [-0.25, -0.2) is 0 Å². The number of benzene rings is 2. The number of thioether (sulfide) groups is 1. The lowest BCUT2D eigenvalue weighted by Gasteiger charge is -2.41. The summed E-state index contributed by atoms with van der Waals surface area (Å²) in [6.07, 6.45) is 15.9. The van der Waals surface area contributed by atoms with Gasteiger partial charge in [-0.05, 0) is 61.6 Å². The average molecular weight is 514 g/mol. The molecule has 1 saturated heterocycles. The predicted octanol–water partition coefficient (Wildman–Crippen LogP) is 8.55. The van der Waals surface area contributed by atoms with Crippen LogP contribution in [0.3, 0.4) is 0 Å². The minimum Gasteiger partial charge on any atom is -0.482 e. The molecule has 0 spiro atoms. The van der Waals surface area contributed by atoms with Gasteiger partial charge in [0.1, 0.15) is 5.75 Å². The smallest absolute Gasteiger partial charge is 0.264 e. The summed E-state index contributed by atoms with van der Waals surface area (Å²) in [6, 6.07) is 17.5. The summed E-state index contributed by atoms with van der Waals surface area (Å²) in [4.78, 5) is 15.7. The van der Waals surface area contributed by atoms with Gasteiger partial charge >= 0.3 is 0 Å². The van der Waals surface area contributed by atoms with Crippen LogP contribution in [0.25, 0.3) is 0 Å². The molecule has 1 amide bonds. The van der Waals surface area contributed by atoms with E-state index < -0.39 is 0 Å². The minimum atomic E-state index is -0.00988. The molecule has 1 heterocycles. The molecule has 2 fully saturated rings. The largest absolute Gasteiger partial charge is 0.482 e. The summed E-state index contributed by atoms with van der Waals surface area (Å²) < 4.78 is 6.02. The highest BCUT2D eigenvalue weighted by Gasteiger charge is 2.44. The van der Waals surface area contributed by atoms with Crippen LogP contribution in [-0.4, -0.2) is 29.6 Å². The van der Waals surface area contributed by atoms with Gasteiger partial charge in [0.25, 0.3) is 5.91 Å². The summed E-state index contributed by atoms with van der Waals surface area (Å²) >= 11 is 8.41. The standard InChI is InChI=1S/C30H40ClNO2S/c31-27-19-12-13-20-28(27)34-23-29(33)32(26-17-10-7-11-18-26)24-30(21-14-22-35-30)25-15-8-5-3-1-2-4-6-9-16-25/h7,10-13,17-20,25H,1-6,8-9,14-16,21-24H2. The molecular weight excluding hydrogens is 474 g/mol. The highest BCUT2D eigenvalue weighted by atomic mass is 35.5. The highest BCUT2D eigenvalue weighted by Crippen LogP contribution is 2.49. The van der Waals surface area contributed by atoms with Crippen LogP contribution in [0, 0.1) is 5.92 Å². The van der Waals surface area contributed by atoms with Crippen molar-refractivity contribution in [2.24, 2.45) is 5.92 Å². The molecule has 0 N–H and O–H groups in total. The number of ether oxygens (including phenoxy) is 1. The van der Waals surface area contributed by atoms with Crippen LogP contribution in [0.1, 0.15) is 77.0 Å². The number of anilines is 1. The van der Waals surface area contributed by atoms with Crippen LogP contribution in [-0.2, 0) is 4.79 Å². The lowest BCUT2D eigenvalue weighted by Crippen LogP contribution is -2.48. The number of nitrogens with zero attached hydrogens (tertiary/aromatic N) is 1. The third-order valence-electron chi connectivity index (χ3n) is 7.72. The second kappa shape index (κ2) is 13.6. The van der Waals surface area contributed by atoms with E-state index >= 15 is 0 Å². The Morgan fingerprint density at radius 2 is 1.51 bits per heavy atom. The van der Waals surface area contributed by atoms with Crippen LogP contribution in [0.5, 0.6) is 5.75 Å². The van der Waals surface area contributed by atoms with Crippen LogP contribution < -0.4 is 9.64 Å². The van der Waals surface area contributed by atoms with Gasteiger partial charge in [-0.3, -0.25) is 4.79 Å². The molecule has 35 heavy (non-hydrogen) atoms. The van der Waals surface area contributed by atoms with E-state index in [4.69, 9.17) is 16.3 Å². The first-order chi connectivity index (χ1) is 17.2. The molecule has 2 aromatic carbocycles. The quantitative estimate of drug-likeness (QED) is 0.371. The average Bonchev–Trinajstić information content (AvgIpc) is 3.34. The van der Waals surface area contributed by atoms with Crippen molar-refractivity contribution in [3.63, 3.8) is 0 Å². The van der Waals surface area contributed by atoms with Gasteiger partial charge in [0, 0.05) is 17.0 Å². The molecule has 2 aliphatic rings. The lowest BCUT2D eigenvalue weighted by atomic mass is 9.80. The minimum absolute atomic E-state index is 0.000314. The number of halogens is 1. The van der Waals surface area contributed by atoms with Gasteiger partial charge in [-0.1, -0.05) is 93.3 Å². The van der Waals surface area contributed by atoms with E-state index in [9.17, 15) is 4.79 Å². The molecule has 1 aliphatic heterocycles. The fraction of sp³-hybridized carbons (Fsp3) is 0.567. The van der Waals surface area contributed by atoms with Crippen LogP contribution in [0.15, 0.2) is 54.6 Å². The predicted molar refractivity (Wildman–Crippen MR) is 150 cm³/mol. The third-order valence-corrected chi connectivity index (χ3v) is 9.76. The Balaban J connectivity index is 1.54. The Labute approximate surface area is 221 Å². The number of hydrogen-bond donors (Lipinski definition) is 0. The zero-order valence-corrected chi connectivity index (χ0v) is 22.5. The van der Waals surface area contributed by atoms with Gasteiger partial charge in [0.2, 0.25) is 0 Å². The Morgan fingerprint density at radius 3 is 2.14 bits per heavy atom. The summed E-state index contributed by atoms with van der Waals surface area (Å²) in [7, 11) is 0. The zero-order chi connectivity index (χ0) is 24.3. The van der Waals surface area contributed by atoms with Crippen molar-refractivity contribution in [2.45, 2.75) is 81.8 Å². The van der Waals surface area contributed by atoms with Gasteiger partial charge < -0.3 is 9.64 Å². The van der Waals surface area contributed by atoms with E-state index in [0.717, 1.165) is 12.2 Å². The van der Waals surface area contributed by atoms with Crippen molar-refractivity contribution in [1.29, 1.82) is 0 Å². The molecule has 2 aromatic rings. The maximum atomic E-state index is 13.7. The maximum absolute atomic E-state index is 13.7. The normalized spacial score (nSPS) is 22.3. The van der Waals surface area contributed by atoms with E-state index in [0.29, 0.717) is 16.7 Å². The number of amides is 1. The monoisotopic (exact) mass is 513 g/mol. The number of para-hydroxylation sites is 2. The van der Waals surface area contributed by atoms with Crippen LogP contribution >= 0.6 is 23.4 Å². The van der Waals surface area contributed by atoms with E-state index in [-0.39, 0.29) is 17.3 Å². The number of carbonyl (C=O) groups is 1. The SMILES string of the molecule is O=C(COc1ccccc1Cl)N(CC1(C2CCCCCCCCCC2)CCCS1)c1ccccc1. The van der Waals surface area contributed by atoms with Crippen molar-refractivity contribution in [1.82, 2.24) is 0 Å². The maximum Gasteiger partial charge on any atom is 0.264 e. The van der Waals surface area contributed by atoms with Crippen molar-refractivity contribution in [2.75, 3.05) is 23.8 Å². The molecule has 3 nitrogen and oxygen atoms in total. The van der Waals surface area contributed by atoms with E-state index in [1.54, 1.807) is 6.07 Å². The number of carbonyl (C=O) groups excluding carboxylic acids is 1. The van der Waals surface area contributed by atoms with Crippen molar-refractivity contribution < 1.29 is 9.53 Å². The fourth-order valence-corrected chi connectivity index (χ4v) is 7.65. The second-order valence-electron chi connectivity index (χ2n) is 10.2. The fourth-order valence-electron chi connectivity index (χ4n) is 5.79.